The number of aliphatic hydroxyl groups is 1. The Balaban J connectivity index is 0.000000410. The van der Waals surface area contributed by atoms with Gasteiger partial charge in [0, 0.05) is 41.9 Å². The molecule has 3 aromatic rings. The van der Waals surface area contributed by atoms with Gasteiger partial charge in [0.15, 0.2) is 0 Å². The van der Waals surface area contributed by atoms with Crippen molar-refractivity contribution in [2.75, 3.05) is 37.8 Å². The average molecular weight is 660 g/mol. The van der Waals surface area contributed by atoms with Crippen molar-refractivity contribution in [1.29, 1.82) is 0 Å². The third-order valence-corrected chi connectivity index (χ3v) is 7.89. The van der Waals surface area contributed by atoms with Crippen LogP contribution in [0.3, 0.4) is 0 Å². The minimum atomic E-state index is -1.82. The molecule has 1 aromatic carbocycles. The fourth-order valence-electron chi connectivity index (χ4n) is 4.57. The van der Waals surface area contributed by atoms with Crippen LogP contribution < -0.4 is 15.4 Å². The summed E-state index contributed by atoms with van der Waals surface area (Å²) in [5.41, 5.74) is 4.31. The van der Waals surface area contributed by atoms with Crippen LogP contribution in [0.25, 0.3) is 11.0 Å². The second-order valence-electron chi connectivity index (χ2n) is 9.98. The van der Waals surface area contributed by atoms with Crippen LogP contribution in [0.1, 0.15) is 30.1 Å². The largest absolute Gasteiger partial charge is 0.481 e. The van der Waals surface area contributed by atoms with E-state index in [2.05, 4.69) is 43.7 Å². The normalized spacial score (nSPS) is 15.1. The third-order valence-electron chi connectivity index (χ3n) is 6.81. The first-order chi connectivity index (χ1) is 21.9. The van der Waals surface area contributed by atoms with Gasteiger partial charge in [-0.25, -0.2) is 24.2 Å². The van der Waals surface area contributed by atoms with Gasteiger partial charge in [0.05, 0.1) is 35.7 Å². The molecule has 1 fully saturated rings. The number of aromatic nitrogens is 2. The first-order valence-corrected chi connectivity index (χ1v) is 14.8. The van der Waals surface area contributed by atoms with Crippen molar-refractivity contribution in [2.45, 2.75) is 36.4 Å². The molecule has 0 spiro atoms. The monoisotopic (exact) mass is 659 g/mol. The van der Waals surface area contributed by atoms with E-state index >= 15 is 0 Å². The number of piperidine rings is 1. The number of rotatable bonds is 7. The van der Waals surface area contributed by atoms with Crippen LogP contribution in [0.2, 0.25) is 0 Å². The van der Waals surface area contributed by atoms with Crippen LogP contribution in [0.4, 0.5) is 5.69 Å². The van der Waals surface area contributed by atoms with E-state index in [1.807, 2.05) is 12.1 Å². The number of carbonyl (C=O) groups is 5. The van der Waals surface area contributed by atoms with E-state index < -0.39 is 30.0 Å². The molecule has 5 rings (SSSR count). The Morgan fingerprint density at radius 1 is 1.02 bits per heavy atom. The number of nitrogens with one attached hydrogen (secondary N) is 2. The van der Waals surface area contributed by atoms with Crippen LogP contribution >= 0.6 is 11.8 Å². The van der Waals surface area contributed by atoms with Gasteiger partial charge >= 0.3 is 23.9 Å². The van der Waals surface area contributed by atoms with Crippen LogP contribution in [0, 0.1) is 0 Å². The summed E-state index contributed by atoms with van der Waals surface area (Å²) in [6, 6.07) is 12.2. The third kappa shape index (κ3) is 10.7. The molecule has 1 amide bonds. The summed E-state index contributed by atoms with van der Waals surface area (Å²) in [5.74, 6) is -6.23. The molecule has 1 saturated heterocycles. The number of methoxy groups -OCH3 is 1. The highest BCUT2D eigenvalue weighted by molar-refractivity contribution is 8.00. The number of benzene rings is 1. The number of pyridine rings is 2. The summed E-state index contributed by atoms with van der Waals surface area (Å²) in [7, 11) is 1.58. The quantitative estimate of drug-likeness (QED) is 0.176. The van der Waals surface area contributed by atoms with Gasteiger partial charge in [-0.05, 0) is 55.8 Å². The van der Waals surface area contributed by atoms with Gasteiger partial charge in [-0.15, -0.1) is 11.8 Å². The number of carbonyl (C=O) groups excluding carboxylic acids is 1. The molecular formula is C29H33N5O11S. The summed E-state index contributed by atoms with van der Waals surface area (Å²) in [5, 5.41) is 47.2. The Hall–Kier alpha value is -4.84. The summed E-state index contributed by atoms with van der Waals surface area (Å²) >= 11 is 1.59. The summed E-state index contributed by atoms with van der Waals surface area (Å²) < 4.78 is 5.25. The fraction of sp³-hybridized carbons (Fsp3) is 0.345. The van der Waals surface area contributed by atoms with Gasteiger partial charge in [-0.3, -0.25) is 9.78 Å². The van der Waals surface area contributed by atoms with Crippen LogP contribution in [0.5, 0.6) is 5.88 Å². The number of anilines is 1. The summed E-state index contributed by atoms with van der Waals surface area (Å²) in [6.07, 6.45) is 3.12. The number of carboxylic acids is 4. The lowest BCUT2D eigenvalue weighted by Gasteiger charge is -2.33. The molecule has 2 aliphatic rings. The Kier molecular flexibility index (Phi) is 13.2. The van der Waals surface area contributed by atoms with Gasteiger partial charge in [0.25, 0.3) is 0 Å². The zero-order valence-corrected chi connectivity index (χ0v) is 25.4. The lowest BCUT2D eigenvalue weighted by molar-refractivity contribution is -0.159. The minimum Gasteiger partial charge on any atom is -0.481 e. The van der Waals surface area contributed by atoms with Crippen molar-refractivity contribution in [2.24, 2.45) is 0 Å². The molecule has 0 radical (unpaired) electrons. The van der Waals surface area contributed by atoms with E-state index in [9.17, 15) is 9.90 Å². The Bertz CT molecular complexity index is 1530. The van der Waals surface area contributed by atoms with Gasteiger partial charge in [0.2, 0.25) is 11.8 Å². The minimum absolute atomic E-state index is 0.0619. The van der Waals surface area contributed by atoms with E-state index in [0.29, 0.717) is 29.7 Å². The molecule has 1 atom stereocenters. The standard InChI is InChI=1S/C25H29N5O3S.2C2H2O4/c1-33-24-5-3-19-25(29-24)18(6-9-26-19)21(31)14-30-10-7-17(8-11-30)27-13-16-2-4-22-20(12-16)28-23(32)15-34-22;2*3-1(4)2(5)6/h2-6,9,12,17,21,27,31H,7-8,10-11,13-15H2,1H3,(H,28,32);2*(H,3,4)(H,5,6)/t21-;;/m0../s1. The SMILES string of the molecule is COc1ccc2nccc([C@@H](O)CN3CCC(NCc4ccc5c(c4)NC(=O)CS5)CC3)c2n1.O=C(O)C(=O)O.O=C(O)C(=O)O. The molecule has 7 N–H and O–H groups in total. The molecule has 2 aliphatic heterocycles. The second kappa shape index (κ2) is 17.0. The van der Waals surface area contributed by atoms with E-state index in [1.54, 1.807) is 31.1 Å². The van der Waals surface area contributed by atoms with Crippen molar-refractivity contribution in [3.8, 4) is 5.88 Å². The number of aliphatic carboxylic acids is 4. The van der Waals surface area contributed by atoms with Crippen molar-refractivity contribution >= 4 is 58.3 Å². The number of aliphatic hydroxyl groups excluding tert-OH is 1. The lowest BCUT2D eigenvalue weighted by atomic mass is 10.0. The summed E-state index contributed by atoms with van der Waals surface area (Å²) in [4.78, 5) is 60.3. The molecule has 17 heteroatoms. The van der Waals surface area contributed by atoms with Crippen molar-refractivity contribution in [3.05, 3.63) is 53.7 Å². The van der Waals surface area contributed by atoms with Gasteiger partial charge in [-0.2, -0.15) is 0 Å². The number of β-amino-alcohol motifs (C(OH)–C–C–N with tert-alkyl or cyclic N) is 1. The van der Waals surface area contributed by atoms with Crippen molar-refractivity contribution in [1.82, 2.24) is 20.2 Å². The topological polar surface area (TPSA) is 249 Å². The predicted molar refractivity (Wildman–Crippen MR) is 164 cm³/mol. The number of carboxylic acid groups (broad SMARTS) is 4. The molecule has 0 bridgehead atoms. The smallest absolute Gasteiger partial charge is 0.414 e. The number of amides is 1. The van der Waals surface area contributed by atoms with E-state index in [-0.39, 0.29) is 5.91 Å². The van der Waals surface area contributed by atoms with E-state index in [0.717, 1.165) is 54.1 Å². The summed E-state index contributed by atoms with van der Waals surface area (Å²) in [6.45, 7) is 3.18. The maximum Gasteiger partial charge on any atom is 0.414 e. The first kappa shape index (κ1) is 35.6. The van der Waals surface area contributed by atoms with Crippen LogP contribution in [0.15, 0.2) is 47.5 Å². The predicted octanol–water partition coefficient (Wildman–Crippen LogP) is 1.28. The molecule has 0 unspecified atom stereocenters. The number of nitrogens with zero attached hydrogens (tertiary/aromatic N) is 3. The molecular weight excluding hydrogens is 626 g/mol. The highest BCUT2D eigenvalue weighted by atomic mass is 32.2. The van der Waals surface area contributed by atoms with Crippen molar-refractivity contribution < 1.29 is 54.2 Å². The molecule has 46 heavy (non-hydrogen) atoms. The maximum atomic E-state index is 11.7. The Morgan fingerprint density at radius 2 is 1.67 bits per heavy atom. The number of fused-ring (bicyclic) bond motifs is 2. The fourth-order valence-corrected chi connectivity index (χ4v) is 5.36. The van der Waals surface area contributed by atoms with Gasteiger partial charge in [0.1, 0.15) is 0 Å². The number of likely N-dealkylation sites (tertiary alicyclic amines) is 1. The van der Waals surface area contributed by atoms with Crippen molar-refractivity contribution in [3.63, 3.8) is 0 Å². The van der Waals surface area contributed by atoms with E-state index in [1.165, 1.54) is 5.56 Å². The number of thioether (sulfide) groups is 1. The van der Waals surface area contributed by atoms with Crippen LogP contribution in [-0.4, -0.2) is 109 Å². The first-order valence-electron chi connectivity index (χ1n) is 13.8. The van der Waals surface area contributed by atoms with Gasteiger partial charge < -0.3 is 45.8 Å². The highest BCUT2D eigenvalue weighted by Gasteiger charge is 2.23. The Morgan fingerprint density at radius 3 is 2.28 bits per heavy atom. The second-order valence-corrected chi connectivity index (χ2v) is 11.0. The maximum absolute atomic E-state index is 11.7. The molecule has 246 valence electrons. The molecule has 0 saturated carbocycles. The zero-order valence-electron chi connectivity index (χ0n) is 24.6. The zero-order chi connectivity index (χ0) is 33.8. The van der Waals surface area contributed by atoms with Gasteiger partial charge in [-0.1, -0.05) is 6.07 Å². The Labute approximate surface area is 266 Å². The van der Waals surface area contributed by atoms with E-state index in [4.69, 9.17) is 44.3 Å². The number of hydrogen-bond donors (Lipinski definition) is 7. The highest BCUT2D eigenvalue weighted by Crippen LogP contribution is 2.32. The molecule has 16 nitrogen and oxygen atoms in total. The average Bonchev–Trinajstić information content (AvgIpc) is 3.04. The molecule has 4 heterocycles. The lowest BCUT2D eigenvalue weighted by Crippen LogP contribution is -2.43. The number of hydrogen-bond acceptors (Lipinski definition) is 12. The van der Waals surface area contributed by atoms with Crippen LogP contribution in [-0.2, 0) is 30.5 Å². The molecule has 2 aromatic heterocycles. The number of ether oxygens (including phenoxy) is 1. The molecule has 0 aliphatic carbocycles.